The molecule has 0 aromatic rings. The van der Waals surface area contributed by atoms with E-state index < -0.39 is 0 Å². The van der Waals surface area contributed by atoms with Crippen molar-refractivity contribution in [3.63, 3.8) is 0 Å². The standard InChI is InChI=1S/C16H24/c1-4-13-12-16(2,3)11-10-15(13)14-8-6-5-7-9-14/h5-6,8H,4,7,9-12H2,1-3H3. The van der Waals surface area contributed by atoms with Gasteiger partial charge in [-0.3, -0.25) is 0 Å². The van der Waals surface area contributed by atoms with E-state index in [0.717, 1.165) is 0 Å². The average Bonchev–Trinajstić information content (AvgIpc) is 2.29. The van der Waals surface area contributed by atoms with E-state index in [-0.39, 0.29) is 0 Å². The lowest BCUT2D eigenvalue weighted by molar-refractivity contribution is 0.311. The van der Waals surface area contributed by atoms with Gasteiger partial charge in [0, 0.05) is 0 Å². The van der Waals surface area contributed by atoms with Gasteiger partial charge in [0.1, 0.15) is 0 Å². The molecule has 2 aliphatic rings. The Morgan fingerprint density at radius 3 is 2.69 bits per heavy atom. The van der Waals surface area contributed by atoms with Crippen molar-refractivity contribution in [2.24, 2.45) is 5.41 Å². The van der Waals surface area contributed by atoms with Crippen LogP contribution in [0.3, 0.4) is 0 Å². The predicted molar refractivity (Wildman–Crippen MR) is 71.4 cm³/mol. The van der Waals surface area contributed by atoms with Crippen LogP contribution in [0.25, 0.3) is 0 Å². The van der Waals surface area contributed by atoms with Crippen LogP contribution in [0, 0.1) is 5.41 Å². The summed E-state index contributed by atoms with van der Waals surface area (Å²) in [5.41, 5.74) is 5.57. The van der Waals surface area contributed by atoms with E-state index in [1.807, 2.05) is 0 Å². The first-order valence-corrected chi connectivity index (χ1v) is 6.69. The second kappa shape index (κ2) is 4.61. The highest BCUT2D eigenvalue weighted by Gasteiger charge is 2.27. The van der Waals surface area contributed by atoms with E-state index in [1.54, 1.807) is 16.7 Å². The molecule has 0 amide bonds. The average molecular weight is 216 g/mol. The molecule has 0 heteroatoms. The third-order valence-electron chi connectivity index (χ3n) is 4.00. The summed E-state index contributed by atoms with van der Waals surface area (Å²) >= 11 is 0. The summed E-state index contributed by atoms with van der Waals surface area (Å²) in [5.74, 6) is 0. The monoisotopic (exact) mass is 216 g/mol. The van der Waals surface area contributed by atoms with Gasteiger partial charge in [0.15, 0.2) is 0 Å². The fraction of sp³-hybridized carbons (Fsp3) is 0.625. The molecule has 88 valence electrons. The Labute approximate surface area is 100 Å². The third kappa shape index (κ3) is 2.48. The van der Waals surface area contributed by atoms with Gasteiger partial charge in [0.25, 0.3) is 0 Å². The van der Waals surface area contributed by atoms with Crippen LogP contribution in [0.2, 0.25) is 0 Å². The van der Waals surface area contributed by atoms with Gasteiger partial charge in [-0.2, -0.15) is 0 Å². The topological polar surface area (TPSA) is 0 Å². The minimum atomic E-state index is 0.528. The molecule has 0 saturated carbocycles. The van der Waals surface area contributed by atoms with Crippen LogP contribution >= 0.6 is 0 Å². The molecule has 0 atom stereocenters. The maximum absolute atomic E-state index is 2.41. The molecule has 0 fully saturated rings. The van der Waals surface area contributed by atoms with Crippen molar-refractivity contribution in [3.8, 4) is 0 Å². The van der Waals surface area contributed by atoms with Crippen LogP contribution in [0.5, 0.6) is 0 Å². The van der Waals surface area contributed by atoms with Crippen molar-refractivity contribution in [2.75, 3.05) is 0 Å². The third-order valence-corrected chi connectivity index (χ3v) is 4.00. The number of hydrogen-bond acceptors (Lipinski definition) is 0. The Hall–Kier alpha value is -0.780. The van der Waals surface area contributed by atoms with Crippen molar-refractivity contribution in [1.82, 2.24) is 0 Å². The predicted octanol–water partition coefficient (Wildman–Crippen LogP) is 5.18. The second-order valence-corrected chi connectivity index (χ2v) is 5.94. The molecular weight excluding hydrogens is 192 g/mol. The van der Waals surface area contributed by atoms with Crippen molar-refractivity contribution in [2.45, 2.75) is 59.3 Å². The second-order valence-electron chi connectivity index (χ2n) is 5.94. The molecule has 0 aromatic heterocycles. The maximum Gasteiger partial charge on any atom is -0.0241 e. The lowest BCUT2D eigenvalue weighted by atomic mass is 9.71. The Balaban J connectivity index is 2.27. The quantitative estimate of drug-likeness (QED) is 0.596. The molecule has 0 aromatic carbocycles. The zero-order valence-electron chi connectivity index (χ0n) is 11.0. The Morgan fingerprint density at radius 2 is 2.06 bits per heavy atom. The van der Waals surface area contributed by atoms with Crippen LogP contribution in [-0.2, 0) is 0 Å². The smallest absolute Gasteiger partial charge is 0.0241 e. The van der Waals surface area contributed by atoms with Crippen LogP contribution in [0.15, 0.2) is 34.9 Å². The lowest BCUT2D eigenvalue weighted by Gasteiger charge is -2.34. The SMILES string of the molecule is CCC1=C(C2=CC=CCC2)CCC(C)(C)C1. The summed E-state index contributed by atoms with van der Waals surface area (Å²) in [6.07, 6.45) is 14.5. The number of hydrogen-bond donors (Lipinski definition) is 0. The number of rotatable bonds is 2. The molecule has 0 nitrogen and oxygen atoms in total. The summed E-state index contributed by atoms with van der Waals surface area (Å²) in [4.78, 5) is 0. The van der Waals surface area contributed by atoms with Gasteiger partial charge in [-0.25, -0.2) is 0 Å². The van der Waals surface area contributed by atoms with E-state index >= 15 is 0 Å². The highest BCUT2D eigenvalue weighted by molar-refractivity contribution is 5.41. The normalized spacial score (nSPS) is 24.6. The minimum Gasteiger partial charge on any atom is -0.0842 e. The van der Waals surface area contributed by atoms with Crippen LogP contribution in [0.4, 0.5) is 0 Å². The molecule has 0 spiro atoms. The van der Waals surface area contributed by atoms with Gasteiger partial charge in [-0.1, -0.05) is 44.6 Å². The summed E-state index contributed by atoms with van der Waals surface area (Å²) < 4.78 is 0. The van der Waals surface area contributed by atoms with Gasteiger partial charge >= 0.3 is 0 Å². The Bertz CT molecular complexity index is 350. The van der Waals surface area contributed by atoms with Crippen LogP contribution < -0.4 is 0 Å². The summed E-state index contributed by atoms with van der Waals surface area (Å²) in [5, 5.41) is 0. The molecule has 16 heavy (non-hydrogen) atoms. The molecule has 0 radical (unpaired) electrons. The summed E-state index contributed by atoms with van der Waals surface area (Å²) in [7, 11) is 0. The van der Waals surface area contributed by atoms with Gasteiger partial charge in [-0.15, -0.1) is 0 Å². The first kappa shape index (κ1) is 11.7. The Kier molecular flexibility index (Phi) is 3.37. The highest BCUT2D eigenvalue weighted by atomic mass is 14.3. The molecule has 0 saturated heterocycles. The number of allylic oxidation sites excluding steroid dienone is 6. The fourth-order valence-corrected chi connectivity index (χ4v) is 2.99. The van der Waals surface area contributed by atoms with Gasteiger partial charge in [0.05, 0.1) is 0 Å². The van der Waals surface area contributed by atoms with Crippen molar-refractivity contribution < 1.29 is 0 Å². The molecule has 0 heterocycles. The summed E-state index contributed by atoms with van der Waals surface area (Å²) in [6, 6.07) is 0. The molecule has 0 N–H and O–H groups in total. The van der Waals surface area contributed by atoms with E-state index in [2.05, 4.69) is 39.0 Å². The van der Waals surface area contributed by atoms with E-state index in [1.165, 1.54) is 38.5 Å². The van der Waals surface area contributed by atoms with Crippen molar-refractivity contribution >= 4 is 0 Å². The van der Waals surface area contributed by atoms with E-state index in [9.17, 15) is 0 Å². The first-order chi connectivity index (χ1) is 7.62. The molecule has 2 aliphatic carbocycles. The lowest BCUT2D eigenvalue weighted by Crippen LogP contribution is -2.19. The molecule has 2 rings (SSSR count). The molecule has 0 bridgehead atoms. The van der Waals surface area contributed by atoms with Crippen molar-refractivity contribution in [3.05, 3.63) is 34.9 Å². The van der Waals surface area contributed by atoms with Crippen LogP contribution in [0.1, 0.15) is 59.3 Å². The molecule has 0 aliphatic heterocycles. The maximum atomic E-state index is 2.41. The molecular formula is C16H24. The zero-order valence-corrected chi connectivity index (χ0v) is 11.0. The van der Waals surface area contributed by atoms with Gasteiger partial charge in [-0.05, 0) is 55.1 Å². The summed E-state index contributed by atoms with van der Waals surface area (Å²) in [6.45, 7) is 7.14. The van der Waals surface area contributed by atoms with E-state index in [0.29, 0.717) is 5.41 Å². The fourth-order valence-electron chi connectivity index (χ4n) is 2.99. The van der Waals surface area contributed by atoms with Crippen molar-refractivity contribution in [1.29, 1.82) is 0 Å². The van der Waals surface area contributed by atoms with E-state index in [4.69, 9.17) is 0 Å². The molecule has 0 unspecified atom stereocenters. The van der Waals surface area contributed by atoms with Gasteiger partial charge in [0.2, 0.25) is 0 Å². The largest absolute Gasteiger partial charge is 0.0842 e. The Morgan fingerprint density at radius 1 is 1.25 bits per heavy atom. The minimum absolute atomic E-state index is 0.528. The zero-order chi connectivity index (χ0) is 11.6. The highest BCUT2D eigenvalue weighted by Crippen LogP contribution is 2.43. The van der Waals surface area contributed by atoms with Crippen LogP contribution in [-0.4, -0.2) is 0 Å². The first-order valence-electron chi connectivity index (χ1n) is 6.69. The van der Waals surface area contributed by atoms with Gasteiger partial charge < -0.3 is 0 Å².